The van der Waals surface area contributed by atoms with E-state index in [9.17, 15) is 4.79 Å². The standard InChI is InChI=1S/C18H35O.CH2O2.Na/c1-2-3-4-5-6-7-8-9-10-11-12-13-14-15-16-17-18-19;2-1-3;/h2-17H2,1H3;1H,(H,2,3);. The third-order valence-corrected chi connectivity index (χ3v) is 4.63. The van der Waals surface area contributed by atoms with Crippen molar-refractivity contribution >= 4 is 37.4 Å². The van der Waals surface area contributed by atoms with Crippen LogP contribution in [0.4, 0.5) is 0 Å². The van der Waals surface area contributed by atoms with Crippen LogP contribution in [0.2, 0.25) is 0 Å². The number of hydrogen-bond donors (Lipinski definition) is 1. The fraction of sp³-hybridized carbons (Fsp3) is 0.895. The Hall–Kier alpha value is 0.140. The van der Waals surface area contributed by atoms with Crippen LogP contribution >= 0.6 is 0 Å². The summed E-state index contributed by atoms with van der Waals surface area (Å²) in [4.78, 5) is 19.2. The SMILES string of the molecule is CCCCCCCCCCCCCCCCC[C](=O)[Na].O=CO. The number of unbranched alkanes of at least 4 members (excludes halogenated alkanes) is 14. The molecule has 0 aliphatic rings. The van der Waals surface area contributed by atoms with Gasteiger partial charge in [-0.25, -0.2) is 0 Å². The summed E-state index contributed by atoms with van der Waals surface area (Å²) in [5.41, 5.74) is 0. The summed E-state index contributed by atoms with van der Waals surface area (Å²) in [6.07, 6.45) is 21.8. The maximum atomic E-state index is 10.8. The van der Waals surface area contributed by atoms with E-state index in [1.54, 1.807) is 0 Å². The zero-order valence-electron chi connectivity index (χ0n) is 15.7. The van der Waals surface area contributed by atoms with E-state index in [-0.39, 0.29) is 6.47 Å². The number of carboxylic acid groups (broad SMARTS) is 1. The molecule has 0 saturated heterocycles. The van der Waals surface area contributed by atoms with Crippen LogP contribution in [0.25, 0.3) is 0 Å². The molecule has 4 heteroatoms. The molecule has 0 unspecified atom stereocenters. The van der Waals surface area contributed by atoms with Gasteiger partial charge in [0.25, 0.3) is 6.47 Å². The first-order valence-electron chi connectivity index (χ1n) is 9.76. The molecule has 132 valence electrons. The van der Waals surface area contributed by atoms with Crippen LogP contribution in [0, 0.1) is 0 Å². The molecule has 0 saturated carbocycles. The van der Waals surface area contributed by atoms with Crippen molar-refractivity contribution in [3.8, 4) is 0 Å². The van der Waals surface area contributed by atoms with Crippen LogP contribution in [0.1, 0.15) is 110 Å². The zero-order valence-corrected chi connectivity index (χ0v) is 17.7. The van der Waals surface area contributed by atoms with Crippen LogP contribution in [-0.2, 0) is 9.59 Å². The van der Waals surface area contributed by atoms with Crippen LogP contribution in [-0.4, -0.2) is 42.5 Å². The third kappa shape index (κ3) is 30.6. The molecule has 0 bridgehead atoms. The van der Waals surface area contributed by atoms with Gasteiger partial charge in [0.05, 0.1) is 0 Å². The van der Waals surface area contributed by atoms with Gasteiger partial charge in [0, 0.05) is 0 Å². The molecule has 0 radical (unpaired) electrons. The molecule has 0 aromatic heterocycles. The first kappa shape index (κ1) is 25.4. The van der Waals surface area contributed by atoms with Gasteiger partial charge in [-0.1, -0.05) is 39.0 Å². The molecule has 0 amide bonds. The van der Waals surface area contributed by atoms with Crippen molar-refractivity contribution in [3.63, 3.8) is 0 Å². The summed E-state index contributed by atoms with van der Waals surface area (Å²) in [5.74, 6) is 0. The molecule has 0 aliphatic heterocycles. The second-order valence-electron chi connectivity index (χ2n) is 6.51. The molecule has 23 heavy (non-hydrogen) atoms. The van der Waals surface area contributed by atoms with E-state index < -0.39 is 0 Å². The van der Waals surface area contributed by atoms with E-state index in [1.807, 2.05) is 0 Å². The summed E-state index contributed by atoms with van der Waals surface area (Å²) in [6, 6.07) is 0. The number of carbonyl (C=O) groups excluding carboxylic acids is 1. The molecule has 0 spiro atoms. The fourth-order valence-electron chi connectivity index (χ4n) is 2.75. The van der Waals surface area contributed by atoms with E-state index in [1.165, 1.54) is 89.9 Å². The van der Waals surface area contributed by atoms with E-state index in [0.717, 1.165) is 40.8 Å². The van der Waals surface area contributed by atoms with Crippen molar-refractivity contribution in [3.05, 3.63) is 0 Å². The van der Waals surface area contributed by atoms with E-state index >= 15 is 0 Å². The van der Waals surface area contributed by atoms with Crippen molar-refractivity contribution in [1.29, 1.82) is 0 Å². The van der Waals surface area contributed by atoms with Crippen LogP contribution in [0.5, 0.6) is 0 Å². The Morgan fingerprint density at radius 3 is 1.26 bits per heavy atom. The predicted octanol–water partition coefficient (Wildman–Crippen LogP) is 5.64. The third-order valence-electron chi connectivity index (χ3n) is 4.13. The summed E-state index contributed by atoms with van der Waals surface area (Å²) >= 11 is 0.751. The molecular weight excluding hydrogens is 299 g/mol. The molecular formula is C19H37NaO3. The minimum Gasteiger partial charge on any atom is -0.483 e. The molecule has 0 fully saturated rings. The summed E-state index contributed by atoms with van der Waals surface area (Å²) in [6.45, 7) is 2.03. The van der Waals surface area contributed by atoms with Crippen molar-refractivity contribution in [1.82, 2.24) is 0 Å². The maximum Gasteiger partial charge on any atom is 0.290 e. The normalized spacial score (nSPS) is 10.0. The Morgan fingerprint density at radius 1 is 0.739 bits per heavy atom. The summed E-state index contributed by atoms with van der Waals surface area (Å²) < 4.78 is 0.486. The Bertz CT molecular complexity index is 245. The average molecular weight is 336 g/mol. The van der Waals surface area contributed by atoms with Crippen molar-refractivity contribution in [2.24, 2.45) is 0 Å². The van der Waals surface area contributed by atoms with Crippen molar-refractivity contribution in [2.75, 3.05) is 0 Å². The minimum absolute atomic E-state index is 0.250. The maximum absolute atomic E-state index is 10.8. The van der Waals surface area contributed by atoms with Gasteiger partial charge < -0.3 is 5.11 Å². The Labute approximate surface area is 161 Å². The molecule has 0 aromatic carbocycles. The molecule has 0 atom stereocenters. The largest absolute Gasteiger partial charge is 0.483 e. The van der Waals surface area contributed by atoms with E-state index in [2.05, 4.69) is 6.92 Å². The quantitative estimate of drug-likeness (QED) is 0.225. The zero-order chi connectivity index (χ0) is 17.6. The molecule has 0 rings (SSSR count). The smallest absolute Gasteiger partial charge is 0.290 e. The molecule has 0 aliphatic carbocycles. The van der Waals surface area contributed by atoms with Crippen LogP contribution in [0.3, 0.4) is 0 Å². The molecule has 3 nitrogen and oxygen atoms in total. The van der Waals surface area contributed by atoms with Gasteiger partial charge in [0.1, 0.15) is 0 Å². The van der Waals surface area contributed by atoms with Gasteiger partial charge in [-0.05, 0) is 0 Å². The van der Waals surface area contributed by atoms with Gasteiger partial charge in [0.2, 0.25) is 0 Å². The van der Waals surface area contributed by atoms with Gasteiger partial charge in [-0.15, -0.1) is 0 Å². The molecule has 0 aromatic rings. The van der Waals surface area contributed by atoms with Crippen molar-refractivity contribution in [2.45, 2.75) is 110 Å². The van der Waals surface area contributed by atoms with Gasteiger partial charge >= 0.3 is 106 Å². The van der Waals surface area contributed by atoms with E-state index in [0.29, 0.717) is 3.03 Å². The number of hydrogen-bond acceptors (Lipinski definition) is 2. The van der Waals surface area contributed by atoms with Gasteiger partial charge in [0.15, 0.2) is 0 Å². The van der Waals surface area contributed by atoms with Crippen LogP contribution in [0.15, 0.2) is 0 Å². The summed E-state index contributed by atoms with van der Waals surface area (Å²) in [5, 5.41) is 6.89. The molecule has 1 N–H and O–H groups in total. The number of rotatable bonds is 16. The molecule has 0 heterocycles. The Balaban J connectivity index is 0. The Morgan fingerprint density at radius 2 is 1.00 bits per heavy atom. The topological polar surface area (TPSA) is 54.4 Å². The number of carbonyl (C=O) groups is 2. The van der Waals surface area contributed by atoms with Crippen molar-refractivity contribution < 1.29 is 14.7 Å². The second kappa shape index (κ2) is 24.4. The predicted molar refractivity (Wildman–Crippen MR) is 99.0 cm³/mol. The average Bonchev–Trinajstić information content (AvgIpc) is 2.51. The summed E-state index contributed by atoms with van der Waals surface area (Å²) in [7, 11) is 0. The van der Waals surface area contributed by atoms with E-state index in [4.69, 9.17) is 9.90 Å². The Kier molecular flexibility index (Phi) is 26.9. The fourth-order valence-corrected chi connectivity index (χ4v) is 3.10. The van der Waals surface area contributed by atoms with Crippen LogP contribution < -0.4 is 0 Å². The van der Waals surface area contributed by atoms with Gasteiger partial charge in [-0.3, -0.25) is 4.79 Å². The first-order chi connectivity index (χ1) is 11.2. The monoisotopic (exact) mass is 336 g/mol. The first-order valence-corrected chi connectivity index (χ1v) is 10.8. The van der Waals surface area contributed by atoms with Gasteiger partial charge in [-0.2, -0.15) is 0 Å². The second-order valence-corrected chi connectivity index (χ2v) is 7.62. The minimum atomic E-state index is -0.250.